The summed E-state index contributed by atoms with van der Waals surface area (Å²) in [6, 6.07) is -0.154. The van der Waals surface area contributed by atoms with E-state index in [0.29, 0.717) is 13.1 Å². The van der Waals surface area contributed by atoms with E-state index < -0.39 is 0 Å². The molecule has 0 unspecified atom stereocenters. The highest BCUT2D eigenvalue weighted by Crippen LogP contribution is 2.14. The molecule has 17 heavy (non-hydrogen) atoms. The summed E-state index contributed by atoms with van der Waals surface area (Å²) < 4.78 is 0. The fraction of sp³-hybridized carbons (Fsp3) is 0.636. The molecule has 1 aromatic heterocycles. The third kappa shape index (κ3) is 5.53. The minimum absolute atomic E-state index is 0.0945. The van der Waals surface area contributed by atoms with Crippen LogP contribution in [0.1, 0.15) is 26.5 Å². The van der Waals surface area contributed by atoms with E-state index in [1.54, 1.807) is 0 Å². The SMILES string of the molecule is CNc1nc(CNC(=O)NCC(C)(C)C)cs1. The molecule has 1 rings (SSSR count). The van der Waals surface area contributed by atoms with Crippen LogP contribution in [-0.4, -0.2) is 24.6 Å². The summed E-state index contributed by atoms with van der Waals surface area (Å²) in [6.45, 7) is 7.33. The van der Waals surface area contributed by atoms with Crippen molar-refractivity contribution < 1.29 is 4.79 Å². The highest BCUT2D eigenvalue weighted by atomic mass is 32.1. The van der Waals surface area contributed by atoms with Gasteiger partial charge in [-0.25, -0.2) is 9.78 Å². The van der Waals surface area contributed by atoms with Gasteiger partial charge < -0.3 is 16.0 Å². The van der Waals surface area contributed by atoms with Crippen LogP contribution in [-0.2, 0) is 6.54 Å². The lowest BCUT2D eigenvalue weighted by Crippen LogP contribution is -2.39. The fourth-order valence-electron chi connectivity index (χ4n) is 1.08. The lowest BCUT2D eigenvalue weighted by atomic mass is 9.97. The molecule has 1 aromatic rings. The number of nitrogens with zero attached hydrogens (tertiary/aromatic N) is 1. The summed E-state index contributed by atoms with van der Waals surface area (Å²) >= 11 is 1.52. The Kier molecular flexibility index (Phi) is 4.74. The zero-order chi connectivity index (χ0) is 12.9. The number of thiazole rings is 1. The van der Waals surface area contributed by atoms with Crippen LogP contribution in [0.4, 0.5) is 9.93 Å². The van der Waals surface area contributed by atoms with Crippen LogP contribution in [0, 0.1) is 5.41 Å². The summed E-state index contributed by atoms with van der Waals surface area (Å²) in [4.78, 5) is 15.8. The molecular weight excluding hydrogens is 236 g/mol. The average Bonchev–Trinajstić information content (AvgIpc) is 2.70. The molecule has 0 aromatic carbocycles. The smallest absolute Gasteiger partial charge is 0.315 e. The molecule has 96 valence electrons. The largest absolute Gasteiger partial charge is 0.365 e. The zero-order valence-corrected chi connectivity index (χ0v) is 11.6. The molecule has 0 spiro atoms. The lowest BCUT2D eigenvalue weighted by molar-refractivity contribution is 0.235. The summed E-state index contributed by atoms with van der Waals surface area (Å²) in [6.07, 6.45) is 0. The van der Waals surface area contributed by atoms with E-state index in [1.807, 2.05) is 12.4 Å². The maximum absolute atomic E-state index is 11.5. The van der Waals surface area contributed by atoms with Crippen molar-refractivity contribution in [3.05, 3.63) is 11.1 Å². The van der Waals surface area contributed by atoms with Crippen LogP contribution in [0.2, 0.25) is 0 Å². The molecular formula is C11H20N4OS. The Hall–Kier alpha value is -1.30. The van der Waals surface area contributed by atoms with Crippen LogP contribution in [0.5, 0.6) is 0 Å². The second-order valence-corrected chi connectivity index (χ2v) is 5.85. The predicted molar refractivity (Wildman–Crippen MR) is 71.4 cm³/mol. The van der Waals surface area contributed by atoms with E-state index in [4.69, 9.17) is 0 Å². The minimum Gasteiger partial charge on any atom is -0.365 e. The standard InChI is InChI=1S/C11H20N4OS/c1-11(2,3)7-14-9(16)13-5-8-6-17-10(12-4)15-8/h6H,5,7H2,1-4H3,(H,12,15)(H2,13,14,16). The number of hydrogen-bond donors (Lipinski definition) is 3. The first-order valence-electron chi connectivity index (χ1n) is 5.54. The quantitative estimate of drug-likeness (QED) is 0.772. The number of nitrogens with one attached hydrogen (secondary N) is 3. The third-order valence-electron chi connectivity index (χ3n) is 1.97. The van der Waals surface area contributed by atoms with Crippen molar-refractivity contribution in [1.29, 1.82) is 0 Å². The predicted octanol–water partition coefficient (Wildman–Crippen LogP) is 2.03. The van der Waals surface area contributed by atoms with Gasteiger partial charge in [0.2, 0.25) is 0 Å². The average molecular weight is 256 g/mol. The number of anilines is 1. The van der Waals surface area contributed by atoms with Crippen molar-refractivity contribution in [3.8, 4) is 0 Å². The number of carbonyl (C=O) groups excluding carboxylic acids is 1. The maximum Gasteiger partial charge on any atom is 0.315 e. The van der Waals surface area contributed by atoms with Gasteiger partial charge in [0.1, 0.15) is 0 Å². The Bertz CT molecular complexity index is 370. The summed E-state index contributed by atoms with van der Waals surface area (Å²) in [5.74, 6) is 0. The van der Waals surface area contributed by atoms with Crippen molar-refractivity contribution >= 4 is 22.5 Å². The fourth-order valence-corrected chi connectivity index (χ4v) is 1.75. The van der Waals surface area contributed by atoms with E-state index in [2.05, 4.69) is 41.7 Å². The highest BCUT2D eigenvalue weighted by molar-refractivity contribution is 7.13. The molecule has 0 radical (unpaired) electrons. The summed E-state index contributed by atoms with van der Waals surface area (Å²) in [5, 5.41) is 11.3. The van der Waals surface area contributed by atoms with Gasteiger partial charge in [-0.15, -0.1) is 11.3 Å². The molecule has 0 aliphatic rings. The van der Waals surface area contributed by atoms with E-state index in [9.17, 15) is 4.79 Å². The van der Waals surface area contributed by atoms with Crippen LogP contribution in [0.25, 0.3) is 0 Å². The third-order valence-corrected chi connectivity index (χ3v) is 2.88. The maximum atomic E-state index is 11.5. The van der Waals surface area contributed by atoms with Gasteiger partial charge in [0, 0.05) is 19.0 Å². The lowest BCUT2D eigenvalue weighted by Gasteiger charge is -2.18. The zero-order valence-electron chi connectivity index (χ0n) is 10.8. The van der Waals surface area contributed by atoms with E-state index in [-0.39, 0.29) is 11.4 Å². The Morgan fingerprint density at radius 2 is 2.12 bits per heavy atom. The highest BCUT2D eigenvalue weighted by Gasteiger charge is 2.11. The number of aromatic nitrogens is 1. The second kappa shape index (κ2) is 5.86. The molecule has 0 aliphatic carbocycles. The van der Waals surface area contributed by atoms with E-state index >= 15 is 0 Å². The molecule has 3 N–H and O–H groups in total. The van der Waals surface area contributed by atoms with Crippen molar-refractivity contribution in [3.63, 3.8) is 0 Å². The molecule has 1 heterocycles. The van der Waals surface area contributed by atoms with E-state index in [1.165, 1.54) is 11.3 Å². The van der Waals surface area contributed by atoms with Gasteiger partial charge in [0.15, 0.2) is 5.13 Å². The number of rotatable bonds is 4. The second-order valence-electron chi connectivity index (χ2n) is 4.99. The molecule has 0 atom stereocenters. The molecule has 0 bridgehead atoms. The molecule has 0 fully saturated rings. The van der Waals surface area contributed by atoms with Gasteiger partial charge in [-0.05, 0) is 5.41 Å². The molecule has 0 saturated carbocycles. The van der Waals surface area contributed by atoms with Gasteiger partial charge in [-0.1, -0.05) is 20.8 Å². The Labute approximate surface area is 106 Å². The van der Waals surface area contributed by atoms with Crippen molar-refractivity contribution in [1.82, 2.24) is 15.6 Å². The van der Waals surface area contributed by atoms with Crippen molar-refractivity contribution in [2.75, 3.05) is 18.9 Å². The number of hydrogen-bond acceptors (Lipinski definition) is 4. The van der Waals surface area contributed by atoms with Crippen LogP contribution in [0.15, 0.2) is 5.38 Å². The van der Waals surface area contributed by atoms with E-state index in [0.717, 1.165) is 10.8 Å². The summed E-state index contributed by atoms with van der Waals surface area (Å²) in [5.41, 5.74) is 0.960. The van der Waals surface area contributed by atoms with Gasteiger partial charge >= 0.3 is 6.03 Å². The number of carbonyl (C=O) groups is 1. The topological polar surface area (TPSA) is 66.0 Å². The van der Waals surface area contributed by atoms with Crippen LogP contribution in [0.3, 0.4) is 0 Å². The molecule has 0 aliphatic heterocycles. The molecule has 2 amide bonds. The Morgan fingerprint density at radius 1 is 1.41 bits per heavy atom. The Morgan fingerprint density at radius 3 is 2.65 bits per heavy atom. The first kappa shape index (κ1) is 13.8. The first-order chi connectivity index (χ1) is 7.90. The first-order valence-corrected chi connectivity index (χ1v) is 6.42. The summed E-state index contributed by atoms with van der Waals surface area (Å²) in [7, 11) is 1.83. The molecule has 6 heteroatoms. The number of amides is 2. The van der Waals surface area contributed by atoms with Gasteiger partial charge in [-0.3, -0.25) is 0 Å². The monoisotopic (exact) mass is 256 g/mol. The normalized spacial score (nSPS) is 11.1. The molecule has 5 nitrogen and oxygen atoms in total. The van der Waals surface area contributed by atoms with Gasteiger partial charge in [0.05, 0.1) is 12.2 Å². The van der Waals surface area contributed by atoms with Gasteiger partial charge in [0.25, 0.3) is 0 Å². The van der Waals surface area contributed by atoms with Gasteiger partial charge in [-0.2, -0.15) is 0 Å². The minimum atomic E-state index is -0.154. The Balaban J connectivity index is 2.28. The van der Waals surface area contributed by atoms with Crippen molar-refractivity contribution in [2.24, 2.45) is 5.41 Å². The number of urea groups is 1. The van der Waals surface area contributed by atoms with Crippen molar-refractivity contribution in [2.45, 2.75) is 27.3 Å². The van der Waals surface area contributed by atoms with Crippen LogP contribution < -0.4 is 16.0 Å². The molecule has 0 saturated heterocycles. The van der Waals surface area contributed by atoms with Crippen LogP contribution >= 0.6 is 11.3 Å².